The number of para-hydroxylation sites is 1. The Labute approximate surface area is 216 Å². The molecule has 192 valence electrons. The molecule has 0 aliphatic carbocycles. The number of urea groups is 1. The molecule has 0 saturated carbocycles. The molecule has 3 aromatic rings. The van der Waals surface area contributed by atoms with Crippen LogP contribution in [-0.2, 0) is 11.3 Å². The Morgan fingerprint density at radius 1 is 0.892 bits per heavy atom. The molecule has 37 heavy (non-hydrogen) atoms. The smallest absolute Gasteiger partial charge is 0.318 e. The third-order valence-corrected chi connectivity index (χ3v) is 7.10. The van der Waals surface area contributed by atoms with Crippen LogP contribution in [0.1, 0.15) is 31.9 Å². The zero-order chi connectivity index (χ0) is 25.9. The highest BCUT2D eigenvalue weighted by Crippen LogP contribution is 2.35. The van der Waals surface area contributed by atoms with Crippen LogP contribution < -0.4 is 20.9 Å². The minimum Gasteiger partial charge on any atom is -0.457 e. The van der Waals surface area contributed by atoms with Crippen LogP contribution in [0.3, 0.4) is 0 Å². The predicted octanol–water partition coefficient (Wildman–Crippen LogP) is 4.43. The number of piperidine rings is 1. The molecule has 0 radical (unpaired) electrons. The van der Waals surface area contributed by atoms with E-state index in [9.17, 15) is 14.4 Å². The number of likely N-dealkylation sites (tertiary alicyclic amines) is 1. The van der Waals surface area contributed by atoms with Crippen LogP contribution in [0.5, 0.6) is 11.5 Å². The summed E-state index contributed by atoms with van der Waals surface area (Å²) in [4.78, 5) is 40.4. The Kier molecular flexibility index (Phi) is 6.99. The van der Waals surface area contributed by atoms with Crippen molar-refractivity contribution in [3.8, 4) is 11.5 Å². The standard InChI is InChI=1S/C29H32N4O4/c1-19(2)27(28(35)30-22-11-13-24(14-12-22)37-23-7-4-3-5-8-23)31-29(36)32-16-20-15-21(18-32)25-9-6-10-26(34)33(25)17-20/h3-14,19-21,27H,15-18H2,1-2H3,(H,30,35)(H,31,36)/t20-,21+,27+/m1/s1. The molecule has 1 fully saturated rings. The fraction of sp³-hybridized carbons (Fsp3) is 0.345. The third kappa shape index (κ3) is 5.53. The quantitative estimate of drug-likeness (QED) is 0.524. The number of fused-ring (bicyclic) bond motifs is 4. The highest BCUT2D eigenvalue weighted by molar-refractivity contribution is 5.97. The van der Waals surface area contributed by atoms with E-state index < -0.39 is 6.04 Å². The van der Waals surface area contributed by atoms with Gasteiger partial charge < -0.3 is 24.8 Å². The summed E-state index contributed by atoms with van der Waals surface area (Å²) in [6, 6.07) is 21.0. The van der Waals surface area contributed by atoms with Crippen molar-refractivity contribution in [2.24, 2.45) is 11.8 Å². The van der Waals surface area contributed by atoms with Crippen LogP contribution in [0.2, 0.25) is 0 Å². The summed E-state index contributed by atoms with van der Waals surface area (Å²) in [6.45, 7) is 5.54. The number of rotatable bonds is 6. The van der Waals surface area contributed by atoms with E-state index in [1.165, 1.54) is 0 Å². The second kappa shape index (κ2) is 10.5. The molecule has 1 saturated heterocycles. The van der Waals surface area contributed by atoms with Gasteiger partial charge in [0.05, 0.1) is 0 Å². The molecule has 0 spiro atoms. The number of hydrogen-bond donors (Lipinski definition) is 2. The Balaban J connectivity index is 1.21. The molecule has 2 aromatic carbocycles. The number of nitrogens with one attached hydrogen (secondary N) is 2. The molecule has 2 N–H and O–H groups in total. The summed E-state index contributed by atoms with van der Waals surface area (Å²) in [7, 11) is 0. The first kappa shape index (κ1) is 24.6. The van der Waals surface area contributed by atoms with Gasteiger partial charge in [-0.05, 0) is 60.7 Å². The van der Waals surface area contributed by atoms with Crippen molar-refractivity contribution in [1.82, 2.24) is 14.8 Å². The Morgan fingerprint density at radius 2 is 1.62 bits per heavy atom. The summed E-state index contributed by atoms with van der Waals surface area (Å²) < 4.78 is 7.65. The molecule has 1 aromatic heterocycles. The van der Waals surface area contributed by atoms with Gasteiger partial charge in [-0.2, -0.15) is 0 Å². The van der Waals surface area contributed by atoms with Crippen LogP contribution >= 0.6 is 0 Å². The van der Waals surface area contributed by atoms with Crippen LogP contribution in [0, 0.1) is 11.8 Å². The van der Waals surface area contributed by atoms with E-state index in [1.807, 2.05) is 54.8 Å². The van der Waals surface area contributed by atoms with Crippen molar-refractivity contribution >= 4 is 17.6 Å². The first-order chi connectivity index (χ1) is 17.9. The molecule has 5 rings (SSSR count). The highest BCUT2D eigenvalue weighted by Gasteiger charge is 2.37. The maximum absolute atomic E-state index is 13.2. The number of ether oxygens (including phenoxy) is 1. The predicted molar refractivity (Wildman–Crippen MR) is 142 cm³/mol. The van der Waals surface area contributed by atoms with E-state index in [4.69, 9.17) is 4.74 Å². The monoisotopic (exact) mass is 500 g/mol. The maximum atomic E-state index is 13.2. The fourth-order valence-electron chi connectivity index (χ4n) is 5.27. The lowest BCUT2D eigenvalue weighted by Crippen LogP contribution is -2.56. The van der Waals surface area contributed by atoms with Crippen molar-refractivity contribution in [3.63, 3.8) is 0 Å². The zero-order valence-electron chi connectivity index (χ0n) is 21.1. The van der Waals surface area contributed by atoms with E-state index in [1.54, 1.807) is 41.3 Å². The topological polar surface area (TPSA) is 92.7 Å². The van der Waals surface area contributed by atoms with Gasteiger partial charge in [-0.15, -0.1) is 0 Å². The molecule has 2 aliphatic rings. The van der Waals surface area contributed by atoms with Crippen molar-refractivity contribution in [2.45, 2.75) is 38.8 Å². The minimum atomic E-state index is -0.690. The fourth-order valence-corrected chi connectivity index (χ4v) is 5.27. The Hall–Kier alpha value is -4.07. The number of carbonyl (C=O) groups excluding carboxylic acids is 2. The van der Waals surface area contributed by atoms with Crippen LogP contribution in [0.4, 0.5) is 10.5 Å². The average Bonchev–Trinajstić information content (AvgIpc) is 2.89. The van der Waals surface area contributed by atoms with E-state index in [2.05, 4.69) is 10.6 Å². The van der Waals surface area contributed by atoms with Gasteiger partial charge in [-0.25, -0.2) is 4.79 Å². The van der Waals surface area contributed by atoms with Gasteiger partial charge in [-0.3, -0.25) is 9.59 Å². The molecule has 3 atom stereocenters. The van der Waals surface area contributed by atoms with Crippen LogP contribution in [0.15, 0.2) is 77.6 Å². The molecular formula is C29H32N4O4. The lowest BCUT2D eigenvalue weighted by molar-refractivity contribution is -0.118. The number of aromatic nitrogens is 1. The van der Waals surface area contributed by atoms with Crippen molar-refractivity contribution in [1.29, 1.82) is 0 Å². The van der Waals surface area contributed by atoms with Crippen molar-refractivity contribution in [3.05, 3.63) is 88.8 Å². The highest BCUT2D eigenvalue weighted by atomic mass is 16.5. The number of nitrogens with zero attached hydrogens (tertiary/aromatic N) is 2. The largest absolute Gasteiger partial charge is 0.457 e. The van der Waals surface area contributed by atoms with Gasteiger partial charge in [0.2, 0.25) is 5.91 Å². The number of benzene rings is 2. The molecule has 0 unspecified atom stereocenters. The van der Waals surface area contributed by atoms with E-state index in [0.717, 1.165) is 17.9 Å². The summed E-state index contributed by atoms with van der Waals surface area (Å²) in [5.74, 6) is 1.37. The molecule has 2 aliphatic heterocycles. The number of carbonyl (C=O) groups is 2. The molecule has 2 bridgehead atoms. The average molecular weight is 501 g/mol. The Bertz CT molecular complexity index is 1320. The Morgan fingerprint density at radius 3 is 2.35 bits per heavy atom. The molecule has 8 nitrogen and oxygen atoms in total. The SMILES string of the molecule is CC(C)[C@H](NC(=O)N1C[C@H]2C[C@@H](C1)c1cccc(=O)n1C2)C(=O)Nc1ccc(Oc2ccccc2)cc1. The number of pyridine rings is 1. The third-order valence-electron chi connectivity index (χ3n) is 7.10. The van der Waals surface area contributed by atoms with Gasteiger partial charge in [0.25, 0.3) is 5.56 Å². The van der Waals surface area contributed by atoms with Gasteiger partial charge in [0.15, 0.2) is 0 Å². The van der Waals surface area contributed by atoms with E-state index in [-0.39, 0.29) is 35.3 Å². The second-order valence-electron chi connectivity index (χ2n) is 10.2. The van der Waals surface area contributed by atoms with Crippen LogP contribution in [-0.4, -0.2) is 40.5 Å². The van der Waals surface area contributed by atoms with Gasteiger partial charge in [-0.1, -0.05) is 38.1 Å². The summed E-state index contributed by atoms with van der Waals surface area (Å²) in [5, 5.41) is 5.87. The summed E-state index contributed by atoms with van der Waals surface area (Å²) >= 11 is 0. The molecule has 3 heterocycles. The molecule has 8 heteroatoms. The van der Waals surface area contributed by atoms with Gasteiger partial charge in [0, 0.05) is 43.0 Å². The van der Waals surface area contributed by atoms with E-state index >= 15 is 0 Å². The van der Waals surface area contributed by atoms with Crippen molar-refractivity contribution < 1.29 is 14.3 Å². The van der Waals surface area contributed by atoms with E-state index in [0.29, 0.717) is 31.1 Å². The number of amides is 3. The van der Waals surface area contributed by atoms with Gasteiger partial charge in [0.1, 0.15) is 17.5 Å². The van der Waals surface area contributed by atoms with Crippen LogP contribution in [0.25, 0.3) is 0 Å². The van der Waals surface area contributed by atoms with Gasteiger partial charge >= 0.3 is 6.03 Å². The summed E-state index contributed by atoms with van der Waals surface area (Å²) in [6.07, 6.45) is 0.964. The molecular weight excluding hydrogens is 468 g/mol. The first-order valence-electron chi connectivity index (χ1n) is 12.8. The second-order valence-corrected chi connectivity index (χ2v) is 10.2. The number of anilines is 1. The minimum absolute atomic E-state index is 0.0151. The number of hydrogen-bond acceptors (Lipinski definition) is 4. The molecule has 3 amide bonds. The normalized spacial score (nSPS) is 19.1. The first-order valence-corrected chi connectivity index (χ1v) is 12.8. The van der Waals surface area contributed by atoms with Crippen molar-refractivity contribution in [2.75, 3.05) is 18.4 Å². The zero-order valence-corrected chi connectivity index (χ0v) is 21.1. The lowest BCUT2D eigenvalue weighted by Gasteiger charge is -2.43. The maximum Gasteiger partial charge on any atom is 0.318 e. The summed E-state index contributed by atoms with van der Waals surface area (Å²) in [5.41, 5.74) is 1.63. The lowest BCUT2D eigenvalue weighted by atomic mass is 9.83.